The molecule has 1 heterocycles. The Hall–Kier alpha value is -2.38. The first kappa shape index (κ1) is 22.3. The van der Waals surface area contributed by atoms with Crippen LogP contribution in [0.1, 0.15) is 37.6 Å². The zero-order valence-corrected chi connectivity index (χ0v) is 18.7. The molecule has 0 unspecified atom stereocenters. The van der Waals surface area contributed by atoms with E-state index in [0.717, 1.165) is 19.6 Å². The van der Waals surface area contributed by atoms with Crippen molar-refractivity contribution in [3.63, 3.8) is 0 Å². The van der Waals surface area contributed by atoms with Crippen LogP contribution >= 0.6 is 0 Å². The third-order valence-corrected chi connectivity index (χ3v) is 6.70. The van der Waals surface area contributed by atoms with E-state index in [2.05, 4.69) is 28.8 Å². The number of piperidine rings is 1. The zero-order chi connectivity index (χ0) is 21.7. The van der Waals surface area contributed by atoms with Gasteiger partial charge in [-0.15, -0.1) is 0 Å². The SMILES string of the molecule is C[C@@H]1C[C@H](C)CN(C[C@H](C)NC(=O)c2ccc(S(=O)(=O)Nc3ccccc3)cc2)C1. The van der Waals surface area contributed by atoms with Crippen molar-refractivity contribution >= 4 is 21.6 Å². The van der Waals surface area contributed by atoms with Gasteiger partial charge in [-0.3, -0.25) is 9.52 Å². The van der Waals surface area contributed by atoms with Crippen LogP contribution in [0.5, 0.6) is 0 Å². The molecule has 2 aromatic rings. The lowest BCUT2D eigenvalue weighted by Gasteiger charge is -2.36. The zero-order valence-electron chi connectivity index (χ0n) is 17.8. The maximum Gasteiger partial charge on any atom is 0.261 e. The van der Waals surface area contributed by atoms with Gasteiger partial charge in [0.15, 0.2) is 0 Å². The summed E-state index contributed by atoms with van der Waals surface area (Å²) in [5.41, 5.74) is 0.940. The molecule has 0 bridgehead atoms. The first-order valence-corrected chi connectivity index (χ1v) is 11.9. The predicted octanol–water partition coefficient (Wildman–Crippen LogP) is 3.58. The van der Waals surface area contributed by atoms with Crippen LogP contribution in [0.4, 0.5) is 5.69 Å². The molecule has 1 aliphatic heterocycles. The lowest BCUT2D eigenvalue weighted by molar-refractivity contribution is 0.0905. The second-order valence-corrected chi connectivity index (χ2v) is 10.2. The molecule has 2 aromatic carbocycles. The molecule has 1 saturated heterocycles. The summed E-state index contributed by atoms with van der Waals surface area (Å²) in [5, 5.41) is 3.03. The molecule has 1 fully saturated rings. The maximum absolute atomic E-state index is 12.6. The number of carbonyl (C=O) groups excluding carboxylic acids is 1. The Balaban J connectivity index is 1.58. The highest BCUT2D eigenvalue weighted by atomic mass is 32.2. The summed E-state index contributed by atoms with van der Waals surface area (Å²) >= 11 is 0. The van der Waals surface area contributed by atoms with Crippen LogP contribution in [0.3, 0.4) is 0 Å². The van der Waals surface area contributed by atoms with Gasteiger partial charge in [-0.25, -0.2) is 8.42 Å². The molecule has 0 saturated carbocycles. The van der Waals surface area contributed by atoms with Crippen molar-refractivity contribution in [2.24, 2.45) is 11.8 Å². The second kappa shape index (κ2) is 9.62. The Morgan fingerprint density at radius 3 is 2.23 bits per heavy atom. The summed E-state index contributed by atoms with van der Waals surface area (Å²) in [4.78, 5) is 15.1. The van der Waals surface area contributed by atoms with E-state index in [1.807, 2.05) is 13.0 Å². The number of anilines is 1. The van der Waals surface area contributed by atoms with E-state index in [1.165, 1.54) is 18.6 Å². The molecule has 162 valence electrons. The van der Waals surface area contributed by atoms with Gasteiger partial charge >= 0.3 is 0 Å². The lowest BCUT2D eigenvalue weighted by atomic mass is 9.92. The molecule has 1 amide bonds. The Bertz CT molecular complexity index is 935. The van der Waals surface area contributed by atoms with Crippen LogP contribution < -0.4 is 10.0 Å². The highest BCUT2D eigenvalue weighted by Crippen LogP contribution is 2.21. The Morgan fingerprint density at radius 1 is 1.03 bits per heavy atom. The van der Waals surface area contributed by atoms with Crippen LogP contribution in [0.15, 0.2) is 59.5 Å². The standard InChI is InChI=1S/C23H31N3O3S/c1-17-13-18(2)15-26(14-17)16-19(3)24-23(27)20-9-11-22(12-10-20)30(28,29)25-21-7-5-4-6-8-21/h4-12,17-19,25H,13-16H2,1-3H3,(H,24,27)/t17-,18+,19-/m0/s1. The molecule has 0 radical (unpaired) electrons. The Morgan fingerprint density at radius 2 is 1.63 bits per heavy atom. The van der Waals surface area contributed by atoms with E-state index >= 15 is 0 Å². The van der Waals surface area contributed by atoms with Gasteiger partial charge in [0, 0.05) is 36.9 Å². The molecule has 3 rings (SSSR count). The van der Waals surface area contributed by atoms with Crippen LogP contribution in [-0.4, -0.2) is 44.9 Å². The van der Waals surface area contributed by atoms with Gasteiger partial charge in [0.2, 0.25) is 0 Å². The molecule has 6 nitrogen and oxygen atoms in total. The van der Waals surface area contributed by atoms with Crippen LogP contribution in [0.25, 0.3) is 0 Å². The van der Waals surface area contributed by atoms with Gasteiger partial charge in [-0.05, 0) is 61.6 Å². The lowest BCUT2D eigenvalue weighted by Crippen LogP contribution is -2.47. The number of likely N-dealkylation sites (tertiary alicyclic amines) is 1. The molecule has 3 atom stereocenters. The third-order valence-electron chi connectivity index (χ3n) is 5.31. The summed E-state index contributed by atoms with van der Waals surface area (Å²) in [7, 11) is -3.70. The van der Waals surface area contributed by atoms with Crippen LogP contribution in [-0.2, 0) is 10.0 Å². The maximum atomic E-state index is 12.6. The average Bonchev–Trinajstić information content (AvgIpc) is 2.67. The minimum atomic E-state index is -3.70. The molecule has 30 heavy (non-hydrogen) atoms. The van der Waals surface area contributed by atoms with Crippen molar-refractivity contribution in [3.8, 4) is 0 Å². The van der Waals surface area contributed by atoms with Crippen molar-refractivity contribution < 1.29 is 13.2 Å². The minimum absolute atomic E-state index is 0.0122. The third kappa shape index (κ3) is 6.06. The first-order valence-electron chi connectivity index (χ1n) is 10.4. The number of amides is 1. The fourth-order valence-electron chi connectivity index (χ4n) is 4.19. The van der Waals surface area contributed by atoms with Crippen molar-refractivity contribution in [1.29, 1.82) is 0 Å². The number of rotatable bonds is 7. The average molecular weight is 430 g/mol. The van der Waals surface area contributed by atoms with Crippen LogP contribution in [0.2, 0.25) is 0 Å². The van der Waals surface area contributed by atoms with Crippen molar-refractivity contribution in [1.82, 2.24) is 10.2 Å². The molecule has 7 heteroatoms. The van der Waals surface area contributed by atoms with Gasteiger partial charge in [-0.1, -0.05) is 32.0 Å². The van der Waals surface area contributed by atoms with E-state index in [4.69, 9.17) is 0 Å². The van der Waals surface area contributed by atoms with Gasteiger partial charge in [-0.2, -0.15) is 0 Å². The topological polar surface area (TPSA) is 78.5 Å². The molecule has 0 spiro atoms. The Labute approximate surface area is 179 Å². The van der Waals surface area contributed by atoms with E-state index in [-0.39, 0.29) is 16.8 Å². The van der Waals surface area contributed by atoms with Gasteiger partial charge in [0.25, 0.3) is 15.9 Å². The van der Waals surface area contributed by atoms with Gasteiger partial charge in [0.05, 0.1) is 4.90 Å². The van der Waals surface area contributed by atoms with Gasteiger partial charge < -0.3 is 10.2 Å². The number of nitrogens with zero attached hydrogens (tertiary/aromatic N) is 1. The summed E-state index contributed by atoms with van der Waals surface area (Å²) in [6, 6.07) is 14.7. The van der Waals surface area contributed by atoms with Crippen molar-refractivity contribution in [2.45, 2.75) is 38.1 Å². The number of hydrogen-bond donors (Lipinski definition) is 2. The van der Waals surface area contributed by atoms with E-state index in [0.29, 0.717) is 23.1 Å². The summed E-state index contributed by atoms with van der Waals surface area (Å²) < 4.78 is 27.6. The fraction of sp³-hybridized carbons (Fsp3) is 0.435. The normalized spacial score (nSPS) is 21.0. The molecule has 0 aromatic heterocycles. The Kier molecular flexibility index (Phi) is 7.15. The number of sulfonamides is 1. The number of hydrogen-bond acceptors (Lipinski definition) is 4. The minimum Gasteiger partial charge on any atom is -0.348 e. The molecular formula is C23H31N3O3S. The fourth-order valence-corrected chi connectivity index (χ4v) is 5.25. The smallest absolute Gasteiger partial charge is 0.261 e. The predicted molar refractivity (Wildman–Crippen MR) is 120 cm³/mol. The number of nitrogens with one attached hydrogen (secondary N) is 2. The van der Waals surface area contributed by atoms with E-state index in [9.17, 15) is 13.2 Å². The summed E-state index contributed by atoms with van der Waals surface area (Å²) in [5.74, 6) is 1.16. The number of carbonyl (C=O) groups is 1. The second-order valence-electron chi connectivity index (χ2n) is 8.53. The van der Waals surface area contributed by atoms with E-state index < -0.39 is 10.0 Å². The number of benzene rings is 2. The van der Waals surface area contributed by atoms with Crippen molar-refractivity contribution in [3.05, 3.63) is 60.2 Å². The highest BCUT2D eigenvalue weighted by Gasteiger charge is 2.23. The molecule has 2 N–H and O–H groups in total. The number of para-hydroxylation sites is 1. The molecular weight excluding hydrogens is 398 g/mol. The first-order chi connectivity index (χ1) is 14.2. The molecule has 1 aliphatic rings. The largest absolute Gasteiger partial charge is 0.348 e. The van der Waals surface area contributed by atoms with Gasteiger partial charge in [0.1, 0.15) is 0 Å². The molecule has 0 aliphatic carbocycles. The van der Waals surface area contributed by atoms with Crippen LogP contribution in [0, 0.1) is 11.8 Å². The van der Waals surface area contributed by atoms with E-state index in [1.54, 1.807) is 36.4 Å². The summed E-state index contributed by atoms with van der Waals surface area (Å²) in [6.45, 7) is 9.48. The highest BCUT2D eigenvalue weighted by molar-refractivity contribution is 7.92. The summed E-state index contributed by atoms with van der Waals surface area (Å²) in [6.07, 6.45) is 1.26. The van der Waals surface area contributed by atoms with Crippen molar-refractivity contribution in [2.75, 3.05) is 24.4 Å². The quantitative estimate of drug-likeness (QED) is 0.705. The monoisotopic (exact) mass is 429 g/mol.